The van der Waals surface area contributed by atoms with Gasteiger partial charge in [-0.15, -0.1) is 11.3 Å². The van der Waals surface area contributed by atoms with Crippen LogP contribution < -0.4 is 5.11 Å². The van der Waals surface area contributed by atoms with E-state index in [-0.39, 0.29) is 12.5 Å². The maximum atomic E-state index is 13.2. The van der Waals surface area contributed by atoms with E-state index < -0.39 is 23.6 Å². The molecule has 1 spiro atoms. The summed E-state index contributed by atoms with van der Waals surface area (Å²) in [6.45, 7) is 2.57. The van der Waals surface area contributed by atoms with Crippen molar-refractivity contribution >= 4 is 29.1 Å². The molecule has 1 aromatic heterocycles. The molecule has 0 radical (unpaired) electrons. The summed E-state index contributed by atoms with van der Waals surface area (Å²) in [5.41, 5.74) is 0.369. The zero-order chi connectivity index (χ0) is 20.6. The largest absolute Gasteiger partial charge is 0.548 e. The third kappa shape index (κ3) is 3.54. The molecule has 0 N–H and O–H groups in total. The van der Waals surface area contributed by atoms with Gasteiger partial charge in [0.25, 0.3) is 11.8 Å². The quantitative estimate of drug-likeness (QED) is 0.756. The van der Waals surface area contributed by atoms with Crippen LogP contribution in [0.15, 0.2) is 41.8 Å². The zero-order valence-electron chi connectivity index (χ0n) is 16.0. The average Bonchev–Trinajstić information content (AvgIpc) is 3.37. The highest BCUT2D eigenvalue weighted by molar-refractivity contribution is 7.12. The maximum Gasteiger partial charge on any atom is 0.263 e. The van der Waals surface area contributed by atoms with E-state index in [9.17, 15) is 19.5 Å². The van der Waals surface area contributed by atoms with E-state index in [1.807, 2.05) is 30.5 Å². The van der Waals surface area contributed by atoms with Crippen LogP contribution in [0.3, 0.4) is 0 Å². The van der Waals surface area contributed by atoms with Crippen LogP contribution in [0.5, 0.6) is 0 Å². The number of hydrogen-bond donors (Lipinski definition) is 0. The fourth-order valence-electron chi connectivity index (χ4n) is 4.00. The van der Waals surface area contributed by atoms with Crippen LogP contribution in [0, 0.1) is 6.92 Å². The Hall–Kier alpha value is -2.71. The molecule has 8 heteroatoms. The first-order valence-corrected chi connectivity index (χ1v) is 10.4. The Morgan fingerprint density at radius 2 is 1.79 bits per heavy atom. The lowest BCUT2D eigenvalue weighted by Gasteiger charge is -2.44. The molecule has 2 amide bonds. The first kappa shape index (κ1) is 19.6. The number of rotatable bonds is 3. The zero-order valence-corrected chi connectivity index (χ0v) is 16.8. The number of aryl methyl sites for hydroxylation is 1. The van der Waals surface area contributed by atoms with E-state index in [1.54, 1.807) is 23.1 Å². The van der Waals surface area contributed by atoms with E-state index in [0.717, 1.165) is 5.56 Å². The normalized spacial score (nSPS) is 20.8. The van der Waals surface area contributed by atoms with Crippen LogP contribution in [-0.4, -0.2) is 59.0 Å². The number of carbonyl (C=O) groups excluding carboxylic acids is 3. The summed E-state index contributed by atoms with van der Waals surface area (Å²) in [4.78, 5) is 41.3. The van der Waals surface area contributed by atoms with Crippen molar-refractivity contribution in [1.82, 2.24) is 9.80 Å². The number of ether oxygens (including phenoxy) is 1. The van der Waals surface area contributed by atoms with Crippen molar-refractivity contribution in [2.24, 2.45) is 0 Å². The van der Waals surface area contributed by atoms with Crippen molar-refractivity contribution in [3.05, 3.63) is 57.8 Å². The third-order valence-electron chi connectivity index (χ3n) is 5.61. The van der Waals surface area contributed by atoms with Gasteiger partial charge in [0.1, 0.15) is 5.72 Å². The molecule has 2 saturated heterocycles. The summed E-state index contributed by atoms with van der Waals surface area (Å²) in [5.74, 6) is -1.78. The van der Waals surface area contributed by atoms with Gasteiger partial charge in [-0.2, -0.15) is 0 Å². The van der Waals surface area contributed by atoms with Gasteiger partial charge in [0, 0.05) is 31.5 Å². The number of carbonyl (C=O) groups is 3. The standard InChI is InChI=1S/C21H22N2O5S/c1-14-4-6-15(7-5-14)18(24)23-16(20(26)27)13-28-21(23)8-10-22(11-9-21)19(25)17-3-2-12-29-17/h2-7,12,16H,8-11,13H2,1H3,(H,26,27)/p-1/t16-/m0/s1. The predicted molar refractivity (Wildman–Crippen MR) is 104 cm³/mol. The molecule has 29 heavy (non-hydrogen) atoms. The minimum atomic E-state index is -1.33. The lowest BCUT2D eigenvalue weighted by atomic mass is 9.96. The number of aliphatic carboxylic acids is 1. The Kier molecular flexibility index (Phi) is 5.14. The fraction of sp³-hybridized carbons (Fsp3) is 0.381. The molecule has 1 aromatic carbocycles. The molecular weight excluding hydrogens is 392 g/mol. The van der Waals surface area contributed by atoms with Gasteiger partial charge in [0.15, 0.2) is 0 Å². The Balaban J connectivity index is 1.57. The molecule has 2 aliphatic heterocycles. The Bertz CT molecular complexity index is 917. The number of carboxylic acids is 1. The topological polar surface area (TPSA) is 90.0 Å². The molecular formula is C21H21N2O5S-. The van der Waals surface area contributed by atoms with Gasteiger partial charge >= 0.3 is 0 Å². The van der Waals surface area contributed by atoms with Crippen molar-refractivity contribution in [1.29, 1.82) is 0 Å². The minimum Gasteiger partial charge on any atom is -0.548 e. The van der Waals surface area contributed by atoms with E-state index in [0.29, 0.717) is 36.4 Å². The van der Waals surface area contributed by atoms with Gasteiger partial charge in [-0.05, 0) is 30.5 Å². The van der Waals surface area contributed by atoms with Gasteiger partial charge in [-0.25, -0.2) is 0 Å². The molecule has 2 aliphatic rings. The summed E-state index contributed by atoms with van der Waals surface area (Å²) in [7, 11) is 0. The first-order chi connectivity index (χ1) is 13.9. The van der Waals surface area contributed by atoms with Crippen molar-refractivity contribution in [2.45, 2.75) is 31.5 Å². The summed E-state index contributed by atoms with van der Waals surface area (Å²) in [6.07, 6.45) is 0.705. The molecule has 0 aliphatic carbocycles. The number of carboxylic acid groups (broad SMARTS) is 1. The number of piperidine rings is 1. The Morgan fingerprint density at radius 3 is 2.38 bits per heavy atom. The number of nitrogens with zero attached hydrogens (tertiary/aromatic N) is 2. The molecule has 152 valence electrons. The van der Waals surface area contributed by atoms with Crippen LogP contribution in [0.4, 0.5) is 0 Å². The lowest BCUT2D eigenvalue weighted by Crippen LogP contribution is -2.60. The van der Waals surface area contributed by atoms with Crippen LogP contribution in [-0.2, 0) is 9.53 Å². The average molecular weight is 413 g/mol. The second-order valence-electron chi connectivity index (χ2n) is 7.40. The Morgan fingerprint density at radius 1 is 1.10 bits per heavy atom. The molecule has 2 aromatic rings. The van der Waals surface area contributed by atoms with Crippen LogP contribution in [0.1, 0.15) is 38.4 Å². The number of thiophene rings is 1. The summed E-state index contributed by atoms with van der Waals surface area (Å²) < 4.78 is 5.90. The Labute approximate surface area is 172 Å². The predicted octanol–water partition coefficient (Wildman–Crippen LogP) is 1.28. The lowest BCUT2D eigenvalue weighted by molar-refractivity contribution is -0.310. The van der Waals surface area contributed by atoms with Crippen molar-refractivity contribution in [3.8, 4) is 0 Å². The summed E-state index contributed by atoms with van der Waals surface area (Å²) in [6, 6.07) is 9.46. The number of benzene rings is 1. The number of amides is 2. The molecule has 2 fully saturated rings. The van der Waals surface area contributed by atoms with Crippen molar-refractivity contribution < 1.29 is 24.2 Å². The molecule has 0 unspecified atom stereocenters. The van der Waals surface area contributed by atoms with Gasteiger partial charge in [0.2, 0.25) is 0 Å². The van der Waals surface area contributed by atoms with Gasteiger partial charge in [-0.1, -0.05) is 23.8 Å². The monoisotopic (exact) mass is 413 g/mol. The molecule has 0 saturated carbocycles. The molecule has 7 nitrogen and oxygen atoms in total. The van der Waals surface area contributed by atoms with Gasteiger partial charge < -0.3 is 19.5 Å². The second-order valence-corrected chi connectivity index (χ2v) is 8.35. The van der Waals surface area contributed by atoms with E-state index in [2.05, 4.69) is 0 Å². The first-order valence-electron chi connectivity index (χ1n) is 9.49. The van der Waals surface area contributed by atoms with Crippen LogP contribution in [0.25, 0.3) is 0 Å². The highest BCUT2D eigenvalue weighted by Gasteiger charge is 2.52. The molecule has 4 rings (SSSR count). The molecule has 3 heterocycles. The van der Waals surface area contributed by atoms with E-state index in [4.69, 9.17) is 4.74 Å². The molecule has 0 bridgehead atoms. The van der Waals surface area contributed by atoms with Crippen molar-refractivity contribution in [3.63, 3.8) is 0 Å². The summed E-state index contributed by atoms with van der Waals surface area (Å²) in [5, 5.41) is 13.6. The smallest absolute Gasteiger partial charge is 0.263 e. The van der Waals surface area contributed by atoms with Crippen molar-refractivity contribution in [2.75, 3.05) is 19.7 Å². The highest BCUT2D eigenvalue weighted by atomic mass is 32.1. The van der Waals surface area contributed by atoms with Crippen LogP contribution in [0.2, 0.25) is 0 Å². The van der Waals surface area contributed by atoms with E-state index >= 15 is 0 Å². The van der Waals surface area contributed by atoms with Gasteiger partial charge in [0.05, 0.1) is 23.5 Å². The summed E-state index contributed by atoms with van der Waals surface area (Å²) >= 11 is 1.38. The second kappa shape index (κ2) is 7.61. The van der Waals surface area contributed by atoms with Crippen LogP contribution >= 0.6 is 11.3 Å². The maximum absolute atomic E-state index is 13.2. The highest BCUT2D eigenvalue weighted by Crippen LogP contribution is 2.38. The SMILES string of the molecule is Cc1ccc(C(=O)N2[C@H](C(=O)[O-])COC23CCN(C(=O)c2cccs2)CC3)cc1. The fourth-order valence-corrected chi connectivity index (χ4v) is 4.69. The minimum absolute atomic E-state index is 0.0549. The number of likely N-dealkylation sites (tertiary alicyclic amines) is 1. The molecule has 1 atom stereocenters. The van der Waals surface area contributed by atoms with E-state index in [1.165, 1.54) is 16.2 Å². The van der Waals surface area contributed by atoms with Gasteiger partial charge in [-0.3, -0.25) is 14.5 Å². The number of hydrogen-bond acceptors (Lipinski definition) is 6. The third-order valence-corrected chi connectivity index (χ3v) is 6.47.